The summed E-state index contributed by atoms with van der Waals surface area (Å²) in [5, 5.41) is 8.45. The van der Waals surface area contributed by atoms with Gasteiger partial charge in [-0.1, -0.05) is 0 Å². The SMILES string of the molecule is COCCN(I)CCO. The maximum atomic E-state index is 8.45. The van der Waals surface area contributed by atoms with Crippen molar-refractivity contribution in [3.63, 3.8) is 0 Å². The third kappa shape index (κ3) is 6.50. The number of halogens is 1. The van der Waals surface area contributed by atoms with Crippen LogP contribution in [0.25, 0.3) is 0 Å². The smallest absolute Gasteiger partial charge is 0.0597 e. The van der Waals surface area contributed by atoms with Gasteiger partial charge in [-0.2, -0.15) is 0 Å². The molecule has 0 saturated carbocycles. The first kappa shape index (κ1) is 9.61. The van der Waals surface area contributed by atoms with Gasteiger partial charge in [-0.25, -0.2) is 3.11 Å². The quantitative estimate of drug-likeness (QED) is 0.557. The molecule has 0 spiro atoms. The lowest BCUT2D eigenvalue weighted by molar-refractivity contribution is 0.178. The van der Waals surface area contributed by atoms with Crippen LogP contribution in [0.1, 0.15) is 0 Å². The Morgan fingerprint density at radius 3 is 2.67 bits per heavy atom. The maximum Gasteiger partial charge on any atom is 0.0597 e. The number of methoxy groups -OCH3 is 1. The average Bonchev–Trinajstić information content (AvgIpc) is 1.85. The lowest BCUT2D eigenvalue weighted by atomic mass is 10.6. The monoisotopic (exact) mass is 245 g/mol. The summed E-state index contributed by atoms with van der Waals surface area (Å²) in [5.41, 5.74) is 0. The largest absolute Gasteiger partial charge is 0.395 e. The molecule has 9 heavy (non-hydrogen) atoms. The molecule has 4 heteroatoms. The number of hydrogen-bond donors (Lipinski definition) is 1. The predicted molar refractivity (Wildman–Crippen MR) is 44.6 cm³/mol. The van der Waals surface area contributed by atoms with E-state index in [2.05, 4.69) is 22.9 Å². The molecular formula is C5H12INO2. The Hall–Kier alpha value is 0.610. The fraction of sp³-hybridized carbons (Fsp3) is 1.00. The van der Waals surface area contributed by atoms with Crippen molar-refractivity contribution in [1.29, 1.82) is 0 Å². The van der Waals surface area contributed by atoms with E-state index in [0.29, 0.717) is 6.54 Å². The molecule has 56 valence electrons. The molecule has 0 aromatic carbocycles. The lowest BCUT2D eigenvalue weighted by Crippen LogP contribution is -2.19. The van der Waals surface area contributed by atoms with Crippen LogP contribution in [0.15, 0.2) is 0 Å². The molecule has 0 bridgehead atoms. The molecule has 1 N–H and O–H groups in total. The van der Waals surface area contributed by atoms with Crippen molar-refractivity contribution in [3.8, 4) is 0 Å². The van der Waals surface area contributed by atoms with Crippen LogP contribution in [0, 0.1) is 0 Å². The fourth-order valence-electron chi connectivity index (χ4n) is 0.411. The Morgan fingerprint density at radius 2 is 2.22 bits per heavy atom. The molecule has 3 nitrogen and oxygen atoms in total. The van der Waals surface area contributed by atoms with Crippen molar-refractivity contribution in [2.75, 3.05) is 33.4 Å². The second-order valence-corrected chi connectivity index (χ2v) is 2.99. The molecule has 0 fully saturated rings. The summed E-state index contributed by atoms with van der Waals surface area (Å²) in [6.07, 6.45) is 0. The van der Waals surface area contributed by atoms with E-state index in [1.807, 2.05) is 3.11 Å². The molecule has 0 aliphatic heterocycles. The van der Waals surface area contributed by atoms with E-state index < -0.39 is 0 Å². The van der Waals surface area contributed by atoms with Crippen LogP contribution in [0.2, 0.25) is 0 Å². The molecule has 0 aromatic rings. The van der Waals surface area contributed by atoms with Gasteiger partial charge < -0.3 is 9.84 Å². The minimum absolute atomic E-state index is 0.215. The molecule has 0 aromatic heterocycles. The summed E-state index contributed by atoms with van der Waals surface area (Å²) in [6, 6.07) is 0. The normalized spacial score (nSPS) is 10.7. The van der Waals surface area contributed by atoms with Gasteiger partial charge in [0.25, 0.3) is 0 Å². The fourth-order valence-corrected chi connectivity index (χ4v) is 0.823. The molecule has 0 saturated heterocycles. The molecule has 0 atom stereocenters. The van der Waals surface area contributed by atoms with E-state index in [1.165, 1.54) is 0 Å². The number of hydrogen-bond acceptors (Lipinski definition) is 3. The Morgan fingerprint density at radius 1 is 1.56 bits per heavy atom. The lowest BCUT2D eigenvalue weighted by Gasteiger charge is -2.10. The number of aliphatic hydroxyl groups excluding tert-OH is 1. The van der Waals surface area contributed by atoms with E-state index in [-0.39, 0.29) is 6.61 Å². The van der Waals surface area contributed by atoms with E-state index in [1.54, 1.807) is 7.11 Å². The first-order valence-corrected chi connectivity index (χ1v) is 3.78. The van der Waals surface area contributed by atoms with E-state index in [4.69, 9.17) is 9.84 Å². The van der Waals surface area contributed by atoms with Crippen molar-refractivity contribution >= 4 is 22.9 Å². The van der Waals surface area contributed by atoms with Gasteiger partial charge >= 0.3 is 0 Å². The first-order valence-electron chi connectivity index (χ1n) is 2.81. The second-order valence-electron chi connectivity index (χ2n) is 1.63. The van der Waals surface area contributed by atoms with Crippen molar-refractivity contribution in [2.45, 2.75) is 0 Å². The van der Waals surface area contributed by atoms with Gasteiger partial charge in [-0.3, -0.25) is 0 Å². The Bertz CT molecular complexity index is 62.9. The van der Waals surface area contributed by atoms with Crippen LogP contribution in [0.3, 0.4) is 0 Å². The topological polar surface area (TPSA) is 32.7 Å². The molecular weight excluding hydrogens is 233 g/mol. The van der Waals surface area contributed by atoms with Crippen molar-refractivity contribution in [1.82, 2.24) is 3.11 Å². The van der Waals surface area contributed by atoms with E-state index >= 15 is 0 Å². The maximum absolute atomic E-state index is 8.45. The average molecular weight is 245 g/mol. The Kier molecular flexibility index (Phi) is 7.18. The zero-order valence-electron chi connectivity index (χ0n) is 5.51. The van der Waals surface area contributed by atoms with Gasteiger partial charge in [0.05, 0.1) is 13.2 Å². The van der Waals surface area contributed by atoms with Crippen LogP contribution in [0.5, 0.6) is 0 Å². The summed E-state index contributed by atoms with van der Waals surface area (Å²) in [4.78, 5) is 0. The van der Waals surface area contributed by atoms with Crippen molar-refractivity contribution in [3.05, 3.63) is 0 Å². The number of aliphatic hydroxyl groups is 1. The minimum Gasteiger partial charge on any atom is -0.395 e. The molecule has 0 aliphatic carbocycles. The van der Waals surface area contributed by atoms with Crippen LogP contribution < -0.4 is 0 Å². The first-order chi connectivity index (χ1) is 4.31. The van der Waals surface area contributed by atoms with Crippen LogP contribution in [0.4, 0.5) is 0 Å². The molecule has 0 unspecified atom stereocenters. The van der Waals surface area contributed by atoms with Crippen molar-refractivity contribution < 1.29 is 9.84 Å². The Labute approximate surface area is 69.5 Å². The van der Waals surface area contributed by atoms with Gasteiger partial charge in [0.2, 0.25) is 0 Å². The highest BCUT2D eigenvalue weighted by Gasteiger charge is 1.95. The van der Waals surface area contributed by atoms with Gasteiger partial charge in [-0.15, -0.1) is 0 Å². The Balaban J connectivity index is 2.95. The van der Waals surface area contributed by atoms with Crippen molar-refractivity contribution in [2.24, 2.45) is 0 Å². The predicted octanol–water partition coefficient (Wildman–Crippen LogP) is 0.277. The summed E-state index contributed by atoms with van der Waals surface area (Å²) in [5.74, 6) is 0. The third-order valence-corrected chi connectivity index (χ3v) is 1.85. The van der Waals surface area contributed by atoms with Crippen LogP contribution >= 0.6 is 22.9 Å². The highest BCUT2D eigenvalue weighted by molar-refractivity contribution is 14.1. The zero-order valence-corrected chi connectivity index (χ0v) is 7.67. The number of ether oxygens (including phenoxy) is 1. The number of rotatable bonds is 5. The van der Waals surface area contributed by atoms with Crippen LogP contribution in [-0.4, -0.2) is 41.6 Å². The van der Waals surface area contributed by atoms with E-state index in [9.17, 15) is 0 Å². The minimum atomic E-state index is 0.215. The summed E-state index contributed by atoms with van der Waals surface area (Å²) in [6.45, 7) is 2.52. The summed E-state index contributed by atoms with van der Waals surface area (Å²) in [7, 11) is 1.67. The summed E-state index contributed by atoms with van der Waals surface area (Å²) >= 11 is 2.16. The standard InChI is InChI=1S/C5H12INO2/c1-9-5-3-7(6)2-4-8/h8H,2-5H2,1H3. The summed E-state index contributed by atoms with van der Waals surface area (Å²) < 4.78 is 6.82. The van der Waals surface area contributed by atoms with Gasteiger partial charge in [0.1, 0.15) is 0 Å². The van der Waals surface area contributed by atoms with E-state index in [0.717, 1.165) is 13.2 Å². The molecule has 0 radical (unpaired) electrons. The molecule has 0 heterocycles. The van der Waals surface area contributed by atoms with Gasteiger partial charge in [-0.05, 0) is 0 Å². The highest BCUT2D eigenvalue weighted by Crippen LogP contribution is 1.95. The second kappa shape index (κ2) is 6.73. The highest BCUT2D eigenvalue weighted by atomic mass is 127. The van der Waals surface area contributed by atoms with Crippen LogP contribution in [-0.2, 0) is 4.74 Å². The zero-order chi connectivity index (χ0) is 7.11. The van der Waals surface area contributed by atoms with Gasteiger partial charge in [0, 0.05) is 43.1 Å². The molecule has 0 aliphatic rings. The third-order valence-electron chi connectivity index (χ3n) is 0.881. The molecule has 0 amide bonds. The van der Waals surface area contributed by atoms with Gasteiger partial charge in [0.15, 0.2) is 0 Å². The number of nitrogens with zero attached hydrogens (tertiary/aromatic N) is 1. The molecule has 0 rings (SSSR count).